The van der Waals surface area contributed by atoms with E-state index in [1.54, 1.807) is 4.90 Å². The van der Waals surface area contributed by atoms with Gasteiger partial charge in [-0.15, -0.1) is 0 Å². The Bertz CT molecular complexity index is 602. The lowest BCUT2D eigenvalue weighted by molar-refractivity contribution is -0.127. The van der Waals surface area contributed by atoms with Gasteiger partial charge in [0, 0.05) is 19.3 Å². The van der Waals surface area contributed by atoms with E-state index in [0.29, 0.717) is 6.61 Å². The van der Waals surface area contributed by atoms with Crippen molar-refractivity contribution < 1.29 is 9.53 Å². The van der Waals surface area contributed by atoms with E-state index in [2.05, 4.69) is 12.1 Å². The number of fused-ring (bicyclic) bond motifs is 1. The standard InChI is InChI=1S/C16H17NO2/c1-17(16(18)15-7-4-10-19-15)14-9-8-12-5-2-3-6-13(12)11-14/h2-3,5-6,8-9,11,15H,4,7,10H2,1H3/t15-/m1/s1. The molecule has 0 N–H and O–H groups in total. The first-order valence-corrected chi connectivity index (χ1v) is 6.64. The summed E-state index contributed by atoms with van der Waals surface area (Å²) < 4.78 is 5.45. The molecule has 0 spiro atoms. The Labute approximate surface area is 112 Å². The topological polar surface area (TPSA) is 29.5 Å². The molecule has 0 unspecified atom stereocenters. The minimum Gasteiger partial charge on any atom is -0.368 e. The van der Waals surface area contributed by atoms with E-state index in [1.165, 1.54) is 5.39 Å². The van der Waals surface area contributed by atoms with Gasteiger partial charge >= 0.3 is 0 Å². The van der Waals surface area contributed by atoms with Crippen LogP contribution in [0, 0.1) is 0 Å². The summed E-state index contributed by atoms with van der Waals surface area (Å²) in [5, 5.41) is 2.33. The van der Waals surface area contributed by atoms with Crippen molar-refractivity contribution in [3.8, 4) is 0 Å². The molecule has 3 heteroatoms. The molecule has 1 saturated heterocycles. The van der Waals surface area contributed by atoms with Crippen LogP contribution in [-0.2, 0) is 9.53 Å². The van der Waals surface area contributed by atoms with E-state index in [1.807, 2.05) is 37.4 Å². The number of hydrogen-bond acceptors (Lipinski definition) is 2. The number of anilines is 1. The monoisotopic (exact) mass is 255 g/mol. The molecule has 1 fully saturated rings. The fourth-order valence-corrected chi connectivity index (χ4v) is 2.50. The molecule has 0 bridgehead atoms. The molecular weight excluding hydrogens is 238 g/mol. The van der Waals surface area contributed by atoms with Gasteiger partial charge in [-0.05, 0) is 35.7 Å². The number of hydrogen-bond donors (Lipinski definition) is 0. The average molecular weight is 255 g/mol. The van der Waals surface area contributed by atoms with Crippen LogP contribution >= 0.6 is 0 Å². The summed E-state index contributed by atoms with van der Waals surface area (Å²) in [6.45, 7) is 0.696. The van der Waals surface area contributed by atoms with Crippen LogP contribution in [0.1, 0.15) is 12.8 Å². The molecule has 19 heavy (non-hydrogen) atoms. The number of likely N-dealkylation sites (N-methyl/N-ethyl adjacent to an activating group) is 1. The minimum atomic E-state index is -0.267. The van der Waals surface area contributed by atoms with Gasteiger partial charge < -0.3 is 9.64 Å². The van der Waals surface area contributed by atoms with Crippen LogP contribution < -0.4 is 4.90 Å². The number of rotatable bonds is 2. The summed E-state index contributed by atoms with van der Waals surface area (Å²) in [6, 6.07) is 14.2. The summed E-state index contributed by atoms with van der Waals surface area (Å²) >= 11 is 0. The third-order valence-electron chi connectivity index (χ3n) is 3.66. The second-order valence-corrected chi connectivity index (χ2v) is 4.93. The lowest BCUT2D eigenvalue weighted by Gasteiger charge is -2.21. The van der Waals surface area contributed by atoms with Crippen molar-refractivity contribution in [2.75, 3.05) is 18.6 Å². The van der Waals surface area contributed by atoms with Crippen LogP contribution in [0.4, 0.5) is 5.69 Å². The fourth-order valence-electron chi connectivity index (χ4n) is 2.50. The number of ether oxygens (including phenoxy) is 1. The highest BCUT2D eigenvalue weighted by Crippen LogP contribution is 2.23. The minimum absolute atomic E-state index is 0.0489. The quantitative estimate of drug-likeness (QED) is 0.825. The van der Waals surface area contributed by atoms with Crippen molar-refractivity contribution in [2.45, 2.75) is 18.9 Å². The zero-order chi connectivity index (χ0) is 13.2. The van der Waals surface area contributed by atoms with Gasteiger partial charge in [0.05, 0.1) is 0 Å². The third kappa shape index (κ3) is 2.34. The average Bonchev–Trinajstić information content (AvgIpc) is 2.99. The van der Waals surface area contributed by atoms with Crippen LogP contribution in [0.15, 0.2) is 42.5 Å². The normalized spacial score (nSPS) is 18.7. The smallest absolute Gasteiger partial charge is 0.255 e. The zero-order valence-corrected chi connectivity index (χ0v) is 11.0. The molecule has 0 aliphatic carbocycles. The Hall–Kier alpha value is -1.87. The highest BCUT2D eigenvalue weighted by molar-refractivity contribution is 5.98. The van der Waals surface area contributed by atoms with E-state index >= 15 is 0 Å². The van der Waals surface area contributed by atoms with E-state index in [-0.39, 0.29) is 12.0 Å². The molecule has 1 aliphatic heterocycles. The molecule has 0 aromatic heterocycles. The predicted molar refractivity (Wildman–Crippen MR) is 76.3 cm³/mol. The molecule has 2 aromatic carbocycles. The van der Waals surface area contributed by atoms with E-state index < -0.39 is 0 Å². The Balaban J connectivity index is 1.88. The highest BCUT2D eigenvalue weighted by Gasteiger charge is 2.27. The van der Waals surface area contributed by atoms with Gasteiger partial charge in [-0.2, -0.15) is 0 Å². The predicted octanol–water partition coefficient (Wildman–Crippen LogP) is 2.98. The summed E-state index contributed by atoms with van der Waals surface area (Å²) in [5.74, 6) is 0.0489. The third-order valence-corrected chi connectivity index (χ3v) is 3.66. The first-order valence-electron chi connectivity index (χ1n) is 6.64. The van der Waals surface area contributed by atoms with Crippen LogP contribution in [0.3, 0.4) is 0 Å². The molecule has 0 saturated carbocycles. The summed E-state index contributed by atoms with van der Waals surface area (Å²) in [7, 11) is 1.81. The van der Waals surface area contributed by atoms with Gasteiger partial charge in [0.2, 0.25) is 0 Å². The van der Waals surface area contributed by atoms with Crippen molar-refractivity contribution in [3.63, 3.8) is 0 Å². The molecule has 1 atom stereocenters. The van der Waals surface area contributed by atoms with Gasteiger partial charge in [-0.25, -0.2) is 0 Å². The second kappa shape index (κ2) is 5.02. The van der Waals surface area contributed by atoms with E-state index in [4.69, 9.17) is 4.74 Å². The first kappa shape index (κ1) is 12.2. The molecule has 1 aliphatic rings. The van der Waals surface area contributed by atoms with Crippen molar-refractivity contribution >= 4 is 22.4 Å². The number of amides is 1. The summed E-state index contributed by atoms with van der Waals surface area (Å²) in [5.41, 5.74) is 0.916. The maximum atomic E-state index is 12.3. The Morgan fingerprint density at radius 3 is 2.74 bits per heavy atom. The largest absolute Gasteiger partial charge is 0.368 e. The first-order chi connectivity index (χ1) is 9.25. The second-order valence-electron chi connectivity index (χ2n) is 4.93. The van der Waals surface area contributed by atoms with Gasteiger partial charge in [-0.3, -0.25) is 4.79 Å². The van der Waals surface area contributed by atoms with E-state index in [9.17, 15) is 4.79 Å². The Kier molecular flexibility index (Phi) is 3.22. The maximum Gasteiger partial charge on any atom is 0.255 e. The van der Waals surface area contributed by atoms with Crippen LogP contribution in [0.25, 0.3) is 10.8 Å². The molecule has 1 heterocycles. The SMILES string of the molecule is CN(C(=O)[C@H]1CCCO1)c1ccc2ccccc2c1. The van der Waals surface area contributed by atoms with Crippen LogP contribution in [-0.4, -0.2) is 25.7 Å². The summed E-state index contributed by atoms with van der Waals surface area (Å²) in [4.78, 5) is 14.0. The molecule has 1 amide bonds. The molecule has 3 nitrogen and oxygen atoms in total. The Morgan fingerprint density at radius 2 is 2.00 bits per heavy atom. The Morgan fingerprint density at radius 1 is 1.21 bits per heavy atom. The lowest BCUT2D eigenvalue weighted by atomic mass is 10.1. The molecule has 3 rings (SSSR count). The molecule has 0 radical (unpaired) electrons. The van der Waals surface area contributed by atoms with Gasteiger partial charge in [-0.1, -0.05) is 30.3 Å². The summed E-state index contributed by atoms with van der Waals surface area (Å²) in [6.07, 6.45) is 1.54. The van der Waals surface area contributed by atoms with Crippen LogP contribution in [0.5, 0.6) is 0 Å². The van der Waals surface area contributed by atoms with Gasteiger partial charge in [0.1, 0.15) is 6.10 Å². The van der Waals surface area contributed by atoms with Gasteiger partial charge in [0.25, 0.3) is 5.91 Å². The molecule has 2 aromatic rings. The molecular formula is C16H17NO2. The van der Waals surface area contributed by atoms with Crippen LogP contribution in [0.2, 0.25) is 0 Å². The number of carbonyl (C=O) groups excluding carboxylic acids is 1. The zero-order valence-electron chi connectivity index (χ0n) is 11.0. The number of benzene rings is 2. The van der Waals surface area contributed by atoms with E-state index in [0.717, 1.165) is 23.9 Å². The van der Waals surface area contributed by atoms with Crippen molar-refractivity contribution in [1.29, 1.82) is 0 Å². The van der Waals surface area contributed by atoms with Crippen molar-refractivity contribution in [3.05, 3.63) is 42.5 Å². The lowest BCUT2D eigenvalue weighted by Crippen LogP contribution is -2.35. The highest BCUT2D eigenvalue weighted by atomic mass is 16.5. The number of nitrogens with zero attached hydrogens (tertiary/aromatic N) is 1. The van der Waals surface area contributed by atoms with Gasteiger partial charge in [0.15, 0.2) is 0 Å². The number of carbonyl (C=O) groups is 1. The maximum absolute atomic E-state index is 12.3. The van der Waals surface area contributed by atoms with Crippen molar-refractivity contribution in [1.82, 2.24) is 0 Å². The molecule has 98 valence electrons. The fraction of sp³-hybridized carbons (Fsp3) is 0.312. The van der Waals surface area contributed by atoms with Crippen molar-refractivity contribution in [2.24, 2.45) is 0 Å².